The van der Waals surface area contributed by atoms with Crippen molar-refractivity contribution in [3.63, 3.8) is 0 Å². The molecule has 0 saturated heterocycles. The zero-order valence-electron chi connectivity index (χ0n) is 14.7. The molecule has 0 aliphatic heterocycles. The summed E-state index contributed by atoms with van der Waals surface area (Å²) >= 11 is 3.25. The van der Waals surface area contributed by atoms with Crippen LogP contribution in [-0.4, -0.2) is 25.8 Å². The van der Waals surface area contributed by atoms with Gasteiger partial charge in [-0.3, -0.25) is 4.79 Å². The Kier molecular flexibility index (Phi) is 5.22. The molecule has 134 valence electrons. The van der Waals surface area contributed by atoms with Crippen LogP contribution in [0.4, 0.5) is 0 Å². The lowest BCUT2D eigenvalue weighted by Gasteiger charge is -2.12. The van der Waals surface area contributed by atoms with Crippen molar-refractivity contribution in [1.82, 2.24) is 14.8 Å². The minimum absolute atomic E-state index is 0.164. The molecule has 0 bridgehead atoms. The average molecular weight is 384 g/mol. The normalized spacial score (nSPS) is 14.3. The number of Topliss-reactive ketones (excluding diaryl/α,β-unsaturated/α-hetero) is 1. The molecule has 0 amide bonds. The summed E-state index contributed by atoms with van der Waals surface area (Å²) < 4.78 is 2.04. The molecule has 1 unspecified atom stereocenters. The van der Waals surface area contributed by atoms with Crippen molar-refractivity contribution in [2.24, 2.45) is 0 Å². The molecule has 1 aromatic carbocycles. The lowest BCUT2D eigenvalue weighted by atomic mass is 10.0. The van der Waals surface area contributed by atoms with Crippen LogP contribution in [0.5, 0.6) is 0 Å². The van der Waals surface area contributed by atoms with Crippen molar-refractivity contribution in [3.8, 4) is 0 Å². The Morgan fingerprint density at radius 2 is 2.19 bits per heavy atom. The lowest BCUT2D eigenvalue weighted by Crippen LogP contribution is -2.15. The van der Waals surface area contributed by atoms with Gasteiger partial charge >= 0.3 is 0 Å². The minimum Gasteiger partial charge on any atom is -0.308 e. The maximum absolute atomic E-state index is 12.9. The number of hydrogen-bond donors (Lipinski definition) is 0. The highest BCUT2D eigenvalue weighted by Crippen LogP contribution is 2.27. The molecular weight excluding hydrogens is 362 g/mol. The Balaban J connectivity index is 1.42. The average Bonchev–Trinajstić information content (AvgIpc) is 3.40. The molecule has 1 atom stereocenters. The number of thiophene rings is 1. The molecule has 3 aromatic rings. The first kappa shape index (κ1) is 17.5. The lowest BCUT2D eigenvalue weighted by molar-refractivity contribution is 0.0993. The van der Waals surface area contributed by atoms with E-state index in [-0.39, 0.29) is 11.0 Å². The second kappa shape index (κ2) is 7.76. The van der Waals surface area contributed by atoms with Crippen molar-refractivity contribution in [2.75, 3.05) is 0 Å². The summed E-state index contributed by atoms with van der Waals surface area (Å²) in [6, 6.07) is 10.4. The van der Waals surface area contributed by atoms with Crippen LogP contribution in [0.25, 0.3) is 0 Å². The molecule has 0 N–H and O–H groups in total. The maximum atomic E-state index is 12.9. The number of ketones is 1. The van der Waals surface area contributed by atoms with E-state index in [1.807, 2.05) is 17.6 Å². The van der Waals surface area contributed by atoms with Crippen molar-refractivity contribution < 1.29 is 4.79 Å². The van der Waals surface area contributed by atoms with Gasteiger partial charge in [0, 0.05) is 17.0 Å². The summed E-state index contributed by atoms with van der Waals surface area (Å²) in [5, 5.41) is 11.0. The van der Waals surface area contributed by atoms with E-state index in [1.54, 1.807) is 17.7 Å². The van der Waals surface area contributed by atoms with E-state index in [4.69, 9.17) is 0 Å². The fourth-order valence-corrected chi connectivity index (χ4v) is 4.97. The summed E-state index contributed by atoms with van der Waals surface area (Å²) in [5.41, 5.74) is 3.55. The first-order valence-electron chi connectivity index (χ1n) is 8.93. The fourth-order valence-electron chi connectivity index (χ4n) is 3.35. The van der Waals surface area contributed by atoms with E-state index < -0.39 is 0 Å². The molecule has 26 heavy (non-hydrogen) atoms. The van der Waals surface area contributed by atoms with Gasteiger partial charge in [0.2, 0.25) is 0 Å². The topological polar surface area (TPSA) is 47.8 Å². The van der Waals surface area contributed by atoms with Crippen LogP contribution in [0.2, 0.25) is 0 Å². The van der Waals surface area contributed by atoms with Gasteiger partial charge in [0.25, 0.3) is 0 Å². The van der Waals surface area contributed by atoms with Gasteiger partial charge in [-0.05, 0) is 61.2 Å². The second-order valence-electron chi connectivity index (χ2n) is 6.60. The predicted molar refractivity (Wildman–Crippen MR) is 106 cm³/mol. The van der Waals surface area contributed by atoms with Crippen LogP contribution in [0.3, 0.4) is 0 Å². The summed E-state index contributed by atoms with van der Waals surface area (Å²) in [4.78, 5) is 14.2. The zero-order chi connectivity index (χ0) is 17.9. The minimum atomic E-state index is -0.181. The first-order chi connectivity index (χ1) is 12.7. The van der Waals surface area contributed by atoms with Crippen molar-refractivity contribution >= 4 is 28.9 Å². The van der Waals surface area contributed by atoms with Crippen molar-refractivity contribution in [2.45, 2.75) is 49.6 Å². The van der Waals surface area contributed by atoms with Crippen molar-refractivity contribution in [1.29, 1.82) is 0 Å². The van der Waals surface area contributed by atoms with E-state index in [9.17, 15) is 4.79 Å². The van der Waals surface area contributed by atoms with Gasteiger partial charge in [0.05, 0.1) is 5.25 Å². The van der Waals surface area contributed by atoms with Crippen LogP contribution >= 0.6 is 23.1 Å². The molecule has 6 heteroatoms. The number of aromatic nitrogens is 3. The van der Waals surface area contributed by atoms with Crippen LogP contribution < -0.4 is 0 Å². The summed E-state index contributed by atoms with van der Waals surface area (Å²) in [5.74, 6) is 0.164. The number of carbonyl (C=O) groups is 1. The number of benzene rings is 1. The maximum Gasteiger partial charge on any atom is 0.191 e. The predicted octanol–water partition coefficient (Wildman–Crippen LogP) is 4.43. The Morgan fingerprint density at radius 1 is 1.31 bits per heavy atom. The molecule has 1 aliphatic carbocycles. The second-order valence-corrected chi connectivity index (χ2v) is 8.94. The molecule has 4 nitrogen and oxygen atoms in total. The third kappa shape index (κ3) is 3.76. The molecule has 2 heterocycles. The quantitative estimate of drug-likeness (QED) is 0.447. The highest BCUT2D eigenvalue weighted by Gasteiger charge is 2.21. The van der Waals surface area contributed by atoms with Crippen LogP contribution in [0.1, 0.15) is 39.7 Å². The Hall–Kier alpha value is -1.92. The molecule has 0 fully saturated rings. The Bertz CT molecular complexity index is 902. The smallest absolute Gasteiger partial charge is 0.191 e. The standard InChI is InChI=1S/C20H21N3OS2/c1-14(19(24)17-8-7-15-4-2-5-16(15)12-17)26-20-22-21-13-23(20)10-9-18-6-3-11-25-18/h3,6-8,11-14H,2,4-5,9-10H2,1H3. The molecule has 1 aliphatic rings. The van der Waals surface area contributed by atoms with Crippen LogP contribution in [0.15, 0.2) is 47.2 Å². The number of thioether (sulfide) groups is 1. The monoisotopic (exact) mass is 383 g/mol. The van der Waals surface area contributed by atoms with Gasteiger partial charge in [0.1, 0.15) is 6.33 Å². The Labute approximate surface area is 161 Å². The zero-order valence-corrected chi connectivity index (χ0v) is 16.4. The third-order valence-electron chi connectivity index (χ3n) is 4.79. The summed E-state index contributed by atoms with van der Waals surface area (Å²) in [6.45, 7) is 2.79. The van der Waals surface area contributed by atoms with Gasteiger partial charge in [0.15, 0.2) is 10.9 Å². The van der Waals surface area contributed by atoms with Crippen molar-refractivity contribution in [3.05, 3.63) is 63.6 Å². The summed E-state index contributed by atoms with van der Waals surface area (Å²) in [7, 11) is 0. The number of carbonyl (C=O) groups excluding carboxylic acids is 1. The van der Waals surface area contributed by atoms with Gasteiger partial charge in [-0.1, -0.05) is 30.0 Å². The molecule has 4 rings (SSSR count). The largest absolute Gasteiger partial charge is 0.308 e. The molecule has 0 radical (unpaired) electrons. The molecule has 2 aromatic heterocycles. The van der Waals surface area contributed by atoms with E-state index in [0.29, 0.717) is 0 Å². The van der Waals surface area contributed by atoms with Gasteiger partial charge < -0.3 is 4.57 Å². The number of hydrogen-bond acceptors (Lipinski definition) is 5. The van der Waals surface area contributed by atoms with Crippen LogP contribution in [0, 0.1) is 0 Å². The number of aryl methyl sites for hydroxylation is 4. The highest BCUT2D eigenvalue weighted by atomic mass is 32.2. The van der Waals surface area contributed by atoms with Gasteiger partial charge in [-0.15, -0.1) is 21.5 Å². The Morgan fingerprint density at radius 3 is 3.04 bits per heavy atom. The van der Waals surface area contributed by atoms with Gasteiger partial charge in [-0.25, -0.2) is 0 Å². The number of fused-ring (bicyclic) bond motifs is 1. The van der Waals surface area contributed by atoms with Gasteiger partial charge in [-0.2, -0.15) is 0 Å². The van der Waals surface area contributed by atoms with E-state index >= 15 is 0 Å². The van der Waals surface area contributed by atoms with E-state index in [0.717, 1.165) is 36.5 Å². The fraction of sp³-hybridized carbons (Fsp3) is 0.350. The summed E-state index contributed by atoms with van der Waals surface area (Å²) in [6.07, 6.45) is 6.14. The van der Waals surface area contributed by atoms with E-state index in [2.05, 4.69) is 39.8 Å². The van der Waals surface area contributed by atoms with Crippen LogP contribution in [-0.2, 0) is 25.8 Å². The highest BCUT2D eigenvalue weighted by molar-refractivity contribution is 8.00. The van der Waals surface area contributed by atoms with E-state index in [1.165, 1.54) is 34.2 Å². The SMILES string of the molecule is CC(Sc1nncn1CCc1cccs1)C(=O)c1ccc2c(c1)CCC2. The first-order valence-corrected chi connectivity index (χ1v) is 10.7. The number of nitrogens with zero attached hydrogens (tertiary/aromatic N) is 3. The third-order valence-corrected chi connectivity index (χ3v) is 6.82. The molecule has 0 saturated carbocycles. The molecular formula is C20H21N3OS2. The molecule has 0 spiro atoms. The number of rotatable bonds is 7.